The zero-order valence-electron chi connectivity index (χ0n) is 35.3. The maximum absolute atomic E-state index is 2.53. The van der Waals surface area contributed by atoms with Crippen molar-refractivity contribution in [2.75, 3.05) is 0 Å². The fraction of sp³-hybridized carbons (Fsp3) is 0.0968. The van der Waals surface area contributed by atoms with Crippen LogP contribution in [-0.4, -0.2) is 0 Å². The Bertz CT molecular complexity index is 3760. The molecule has 0 saturated heterocycles. The van der Waals surface area contributed by atoms with E-state index >= 15 is 0 Å². The molecule has 2 aliphatic rings. The van der Waals surface area contributed by atoms with E-state index in [1.54, 1.807) is 0 Å². The zero-order valence-corrected chi connectivity index (χ0v) is 35.3. The van der Waals surface area contributed by atoms with Crippen LogP contribution in [0.15, 0.2) is 182 Å². The Labute approximate surface area is 360 Å². The van der Waals surface area contributed by atoms with Crippen LogP contribution in [0, 0.1) is 0 Å². The van der Waals surface area contributed by atoms with E-state index in [0.717, 1.165) is 0 Å². The molecule has 0 bridgehead atoms. The standard InChI is InChI=1S/C62H42/c1-61(2)51-33-35(29-31-49(51)55-47-27-15-13-25-45(47)53-41-21-9-5-17-37(41)39-19-7-11-23-43(39)57(53)59(55)61)36-30-32-50-52(34-36)62(3,4)60-56(50)48-28-16-14-26-46(48)54-42-22-10-6-18-38(42)40-20-8-12-24-44(40)58(54)60/h5-34H,1-4H3. The molecule has 0 heterocycles. The topological polar surface area (TPSA) is 0 Å². The predicted octanol–water partition coefficient (Wildman–Crippen LogP) is 17.2. The molecule has 0 nitrogen and oxygen atoms in total. The van der Waals surface area contributed by atoms with Crippen LogP contribution >= 0.6 is 0 Å². The third-order valence-corrected chi connectivity index (χ3v) is 15.3. The molecule has 12 aromatic carbocycles. The largest absolute Gasteiger partial charge is 0.0616 e. The SMILES string of the molecule is CC1(C)c2cc(-c3ccc4c(c3)C(C)(C)c3c-4c4ccccc4c4c5ccccc5c5ccccc5c34)ccc2-c2c1c1c3ccccc3c3ccccc3c1c1ccccc21. The molecule has 0 unspecified atom stereocenters. The van der Waals surface area contributed by atoms with Gasteiger partial charge in [-0.1, -0.05) is 198 Å². The molecular weight excluding hydrogens is 745 g/mol. The van der Waals surface area contributed by atoms with Gasteiger partial charge in [-0.25, -0.2) is 0 Å². The fourth-order valence-corrected chi connectivity index (χ4v) is 12.7. The van der Waals surface area contributed by atoms with E-state index in [0.29, 0.717) is 0 Å². The smallest absolute Gasteiger partial charge is 0.0165 e. The molecule has 0 amide bonds. The second-order valence-corrected chi connectivity index (χ2v) is 19.0. The second kappa shape index (κ2) is 11.8. The fourth-order valence-electron chi connectivity index (χ4n) is 12.7. The summed E-state index contributed by atoms with van der Waals surface area (Å²) >= 11 is 0. The van der Waals surface area contributed by atoms with Gasteiger partial charge in [0.05, 0.1) is 0 Å². The highest BCUT2D eigenvalue weighted by molar-refractivity contribution is 6.36. The molecule has 290 valence electrons. The summed E-state index contributed by atoms with van der Waals surface area (Å²) in [6.07, 6.45) is 0. The van der Waals surface area contributed by atoms with Crippen LogP contribution in [0.1, 0.15) is 49.9 Å². The molecule has 0 radical (unpaired) electrons. The first-order valence-corrected chi connectivity index (χ1v) is 22.2. The van der Waals surface area contributed by atoms with Crippen molar-refractivity contribution in [3.05, 3.63) is 204 Å². The lowest BCUT2D eigenvalue weighted by Crippen LogP contribution is -2.16. The van der Waals surface area contributed by atoms with Gasteiger partial charge in [-0.2, -0.15) is 0 Å². The number of benzene rings is 12. The Morgan fingerprint density at radius 3 is 0.839 bits per heavy atom. The van der Waals surface area contributed by atoms with E-state index in [1.807, 2.05) is 0 Å². The van der Waals surface area contributed by atoms with Crippen molar-refractivity contribution in [2.45, 2.75) is 38.5 Å². The molecule has 0 saturated carbocycles. The van der Waals surface area contributed by atoms with Crippen molar-refractivity contribution in [1.82, 2.24) is 0 Å². The Morgan fingerprint density at radius 1 is 0.258 bits per heavy atom. The zero-order chi connectivity index (χ0) is 41.2. The quantitative estimate of drug-likeness (QED) is 0.145. The van der Waals surface area contributed by atoms with Crippen LogP contribution in [0.25, 0.3) is 120 Å². The van der Waals surface area contributed by atoms with Crippen molar-refractivity contribution in [3.63, 3.8) is 0 Å². The second-order valence-electron chi connectivity index (χ2n) is 19.0. The molecule has 0 N–H and O–H groups in total. The van der Waals surface area contributed by atoms with Crippen LogP contribution in [0.5, 0.6) is 0 Å². The van der Waals surface area contributed by atoms with Crippen molar-refractivity contribution >= 4 is 86.2 Å². The lowest BCUT2D eigenvalue weighted by molar-refractivity contribution is 0.666. The first-order chi connectivity index (χ1) is 30.3. The number of fused-ring (bicyclic) bond motifs is 26. The molecule has 62 heavy (non-hydrogen) atoms. The molecule has 0 aromatic heterocycles. The Balaban J connectivity index is 1.01. The minimum absolute atomic E-state index is 0.234. The van der Waals surface area contributed by atoms with E-state index in [1.165, 1.54) is 142 Å². The summed E-state index contributed by atoms with van der Waals surface area (Å²) in [5, 5.41) is 21.5. The minimum atomic E-state index is -0.234. The molecule has 0 spiro atoms. The van der Waals surface area contributed by atoms with Gasteiger partial charge < -0.3 is 0 Å². The van der Waals surface area contributed by atoms with Gasteiger partial charge in [0.1, 0.15) is 0 Å². The number of rotatable bonds is 1. The van der Waals surface area contributed by atoms with Gasteiger partial charge >= 0.3 is 0 Å². The molecular formula is C62H42. The minimum Gasteiger partial charge on any atom is -0.0616 e. The lowest BCUT2D eigenvalue weighted by Gasteiger charge is -2.26. The van der Waals surface area contributed by atoms with Gasteiger partial charge in [0.2, 0.25) is 0 Å². The van der Waals surface area contributed by atoms with E-state index < -0.39 is 0 Å². The van der Waals surface area contributed by atoms with Gasteiger partial charge in [0.25, 0.3) is 0 Å². The van der Waals surface area contributed by atoms with Crippen LogP contribution in [0.3, 0.4) is 0 Å². The third-order valence-electron chi connectivity index (χ3n) is 15.3. The monoisotopic (exact) mass is 786 g/mol. The van der Waals surface area contributed by atoms with Crippen molar-refractivity contribution in [3.8, 4) is 33.4 Å². The lowest BCUT2D eigenvalue weighted by atomic mass is 9.76. The summed E-state index contributed by atoms with van der Waals surface area (Å²) in [6.45, 7) is 9.86. The molecule has 0 fully saturated rings. The normalized spacial score (nSPS) is 14.7. The van der Waals surface area contributed by atoms with Gasteiger partial charge in [-0.15, -0.1) is 0 Å². The average Bonchev–Trinajstić information content (AvgIpc) is 3.70. The van der Waals surface area contributed by atoms with Gasteiger partial charge in [0, 0.05) is 10.8 Å². The van der Waals surface area contributed by atoms with Crippen LogP contribution in [-0.2, 0) is 10.8 Å². The average molecular weight is 787 g/mol. The summed E-state index contributed by atoms with van der Waals surface area (Å²) in [5.74, 6) is 0. The first kappa shape index (κ1) is 34.4. The highest BCUT2D eigenvalue weighted by Gasteiger charge is 2.41. The summed E-state index contributed by atoms with van der Waals surface area (Å²) in [7, 11) is 0. The third kappa shape index (κ3) is 4.13. The van der Waals surface area contributed by atoms with E-state index in [9.17, 15) is 0 Å². The number of hydrogen-bond donors (Lipinski definition) is 0. The van der Waals surface area contributed by atoms with E-state index in [-0.39, 0.29) is 10.8 Å². The highest BCUT2D eigenvalue weighted by atomic mass is 14.4. The molecule has 0 heteroatoms. The summed E-state index contributed by atoms with van der Waals surface area (Å²) in [4.78, 5) is 0. The Kier molecular flexibility index (Phi) is 6.53. The van der Waals surface area contributed by atoms with E-state index in [4.69, 9.17) is 0 Å². The van der Waals surface area contributed by atoms with Crippen LogP contribution in [0.4, 0.5) is 0 Å². The Hall–Kier alpha value is -7.28. The van der Waals surface area contributed by atoms with Crippen LogP contribution in [0.2, 0.25) is 0 Å². The molecule has 0 aliphatic heterocycles. The van der Waals surface area contributed by atoms with E-state index in [2.05, 4.69) is 210 Å². The van der Waals surface area contributed by atoms with Crippen molar-refractivity contribution < 1.29 is 0 Å². The van der Waals surface area contributed by atoms with Gasteiger partial charge in [-0.3, -0.25) is 0 Å². The number of hydrogen-bond acceptors (Lipinski definition) is 0. The predicted molar refractivity (Wildman–Crippen MR) is 267 cm³/mol. The van der Waals surface area contributed by atoms with Crippen molar-refractivity contribution in [1.29, 1.82) is 0 Å². The summed E-state index contributed by atoms with van der Waals surface area (Å²) < 4.78 is 0. The molecule has 12 aromatic rings. The van der Waals surface area contributed by atoms with Crippen LogP contribution < -0.4 is 0 Å². The van der Waals surface area contributed by atoms with Gasteiger partial charge in [-0.05, 0) is 154 Å². The molecule has 0 atom stereocenters. The molecule has 2 aliphatic carbocycles. The molecule has 14 rings (SSSR count). The maximum atomic E-state index is 2.53. The Morgan fingerprint density at radius 2 is 0.516 bits per heavy atom. The highest BCUT2D eigenvalue weighted by Crippen LogP contribution is 2.60. The maximum Gasteiger partial charge on any atom is 0.0165 e. The van der Waals surface area contributed by atoms with Gasteiger partial charge in [0.15, 0.2) is 0 Å². The summed E-state index contributed by atoms with van der Waals surface area (Å²) in [5.41, 5.74) is 13.3. The first-order valence-electron chi connectivity index (χ1n) is 22.2. The summed E-state index contributed by atoms with van der Waals surface area (Å²) in [6, 6.07) is 69.2. The van der Waals surface area contributed by atoms with Crippen molar-refractivity contribution in [2.24, 2.45) is 0 Å².